The number of aromatic nitrogens is 2. The molecule has 0 bridgehead atoms. The van der Waals surface area contributed by atoms with Gasteiger partial charge in [-0.15, -0.1) is 22.7 Å². The Labute approximate surface area is 138 Å². The molecule has 108 valence electrons. The number of rotatable bonds is 2. The third-order valence-corrected chi connectivity index (χ3v) is 5.38. The Balaban J connectivity index is 1.92. The Kier molecular flexibility index (Phi) is 3.33. The Morgan fingerprint density at radius 3 is 2.64 bits per heavy atom. The van der Waals surface area contributed by atoms with Crippen LogP contribution < -0.4 is 5.56 Å². The first kappa shape index (κ1) is 13.7. The van der Waals surface area contributed by atoms with Crippen LogP contribution in [0.3, 0.4) is 0 Å². The van der Waals surface area contributed by atoms with Crippen molar-refractivity contribution in [1.29, 1.82) is 0 Å². The fraction of sp³-hybridized carbons (Fsp3) is 0. The molecule has 3 heterocycles. The molecule has 6 heteroatoms. The summed E-state index contributed by atoms with van der Waals surface area (Å²) in [5.74, 6) is 0.564. The highest BCUT2D eigenvalue weighted by Crippen LogP contribution is 2.34. The molecule has 0 atom stereocenters. The van der Waals surface area contributed by atoms with Gasteiger partial charge in [-0.05, 0) is 35.7 Å². The van der Waals surface area contributed by atoms with Crippen LogP contribution in [0.25, 0.3) is 32.0 Å². The Morgan fingerprint density at radius 2 is 1.91 bits per heavy atom. The van der Waals surface area contributed by atoms with E-state index in [0.29, 0.717) is 16.2 Å². The highest BCUT2D eigenvalue weighted by atomic mass is 35.5. The summed E-state index contributed by atoms with van der Waals surface area (Å²) in [5.41, 5.74) is 1.68. The first-order chi connectivity index (χ1) is 10.7. The van der Waals surface area contributed by atoms with Gasteiger partial charge in [-0.1, -0.05) is 17.7 Å². The second-order valence-corrected chi connectivity index (χ2v) is 6.97. The molecule has 4 aromatic rings. The second-order valence-electron chi connectivity index (χ2n) is 4.73. The van der Waals surface area contributed by atoms with Crippen molar-refractivity contribution >= 4 is 44.5 Å². The molecule has 0 fully saturated rings. The van der Waals surface area contributed by atoms with Crippen LogP contribution in [0.5, 0.6) is 0 Å². The molecule has 0 radical (unpaired) electrons. The van der Waals surface area contributed by atoms with Crippen molar-refractivity contribution < 1.29 is 0 Å². The minimum atomic E-state index is -0.111. The summed E-state index contributed by atoms with van der Waals surface area (Å²) in [5, 5.41) is 5.31. The SMILES string of the molecule is O=c1[nH]c(-c2ccc(Cl)cc2)nc2scc(-c3cccs3)c12. The van der Waals surface area contributed by atoms with Crippen molar-refractivity contribution in [1.82, 2.24) is 9.97 Å². The number of nitrogens with zero attached hydrogens (tertiary/aromatic N) is 1. The largest absolute Gasteiger partial charge is 0.306 e. The maximum atomic E-state index is 12.5. The van der Waals surface area contributed by atoms with E-state index in [1.165, 1.54) is 11.3 Å². The van der Waals surface area contributed by atoms with E-state index in [9.17, 15) is 4.79 Å². The van der Waals surface area contributed by atoms with E-state index in [4.69, 9.17) is 11.6 Å². The molecule has 0 aliphatic heterocycles. The van der Waals surface area contributed by atoms with E-state index in [2.05, 4.69) is 9.97 Å². The minimum Gasteiger partial charge on any atom is -0.306 e. The van der Waals surface area contributed by atoms with Crippen LogP contribution in [-0.4, -0.2) is 9.97 Å². The number of halogens is 1. The quantitative estimate of drug-likeness (QED) is 0.554. The smallest absolute Gasteiger partial charge is 0.260 e. The molecule has 1 N–H and O–H groups in total. The number of H-pyrrole nitrogens is 1. The Morgan fingerprint density at radius 1 is 1.09 bits per heavy atom. The third-order valence-electron chi connectivity index (χ3n) is 3.35. The highest BCUT2D eigenvalue weighted by Gasteiger charge is 2.14. The monoisotopic (exact) mass is 344 g/mol. The van der Waals surface area contributed by atoms with Crippen molar-refractivity contribution in [3.05, 3.63) is 62.5 Å². The zero-order valence-electron chi connectivity index (χ0n) is 11.2. The standard InChI is InChI=1S/C16H9ClN2OS2/c17-10-5-3-9(4-6-10)14-18-15(20)13-11(8-22-16(13)19-14)12-2-1-7-21-12/h1-8H,(H,18,19,20). The lowest BCUT2D eigenvalue weighted by Crippen LogP contribution is -2.08. The number of hydrogen-bond acceptors (Lipinski definition) is 4. The molecule has 0 aliphatic rings. The summed E-state index contributed by atoms with van der Waals surface area (Å²) < 4.78 is 0. The molecule has 22 heavy (non-hydrogen) atoms. The van der Waals surface area contributed by atoms with Crippen LogP contribution >= 0.6 is 34.3 Å². The maximum absolute atomic E-state index is 12.5. The third kappa shape index (κ3) is 2.27. The molecule has 0 saturated carbocycles. The van der Waals surface area contributed by atoms with Gasteiger partial charge >= 0.3 is 0 Å². The van der Waals surface area contributed by atoms with Gasteiger partial charge < -0.3 is 4.98 Å². The number of nitrogens with one attached hydrogen (secondary N) is 1. The summed E-state index contributed by atoms with van der Waals surface area (Å²) in [4.78, 5) is 21.8. The van der Waals surface area contributed by atoms with E-state index in [0.717, 1.165) is 20.8 Å². The number of thiophene rings is 2. The van der Waals surface area contributed by atoms with Crippen molar-refractivity contribution in [2.45, 2.75) is 0 Å². The molecule has 3 aromatic heterocycles. The van der Waals surface area contributed by atoms with Gasteiger partial charge in [-0.25, -0.2) is 4.98 Å². The van der Waals surface area contributed by atoms with Crippen LogP contribution in [0.2, 0.25) is 5.02 Å². The van der Waals surface area contributed by atoms with Crippen molar-refractivity contribution in [3.8, 4) is 21.8 Å². The van der Waals surface area contributed by atoms with E-state index in [1.54, 1.807) is 23.5 Å². The van der Waals surface area contributed by atoms with Crippen LogP contribution in [0.4, 0.5) is 0 Å². The number of hydrogen-bond donors (Lipinski definition) is 1. The van der Waals surface area contributed by atoms with Crippen LogP contribution in [0, 0.1) is 0 Å². The second kappa shape index (κ2) is 5.35. The Hall–Kier alpha value is -1.95. The van der Waals surface area contributed by atoms with Crippen molar-refractivity contribution in [3.63, 3.8) is 0 Å². The summed E-state index contributed by atoms with van der Waals surface area (Å²) in [6.07, 6.45) is 0. The van der Waals surface area contributed by atoms with E-state index >= 15 is 0 Å². The highest BCUT2D eigenvalue weighted by molar-refractivity contribution is 7.18. The summed E-state index contributed by atoms with van der Waals surface area (Å²) in [6.45, 7) is 0. The molecular weight excluding hydrogens is 336 g/mol. The zero-order chi connectivity index (χ0) is 15.1. The van der Waals surface area contributed by atoms with Gasteiger partial charge in [-0.2, -0.15) is 0 Å². The van der Waals surface area contributed by atoms with Gasteiger partial charge in [0.05, 0.1) is 5.39 Å². The molecule has 1 aromatic carbocycles. The predicted molar refractivity (Wildman–Crippen MR) is 94.0 cm³/mol. The van der Waals surface area contributed by atoms with Crippen LogP contribution in [0.1, 0.15) is 0 Å². The number of aromatic amines is 1. The number of benzene rings is 1. The first-order valence-electron chi connectivity index (χ1n) is 6.54. The summed E-state index contributed by atoms with van der Waals surface area (Å²) >= 11 is 9.00. The molecule has 0 spiro atoms. The lowest BCUT2D eigenvalue weighted by molar-refractivity contribution is 1.19. The van der Waals surface area contributed by atoms with Crippen LogP contribution in [-0.2, 0) is 0 Å². The van der Waals surface area contributed by atoms with Crippen molar-refractivity contribution in [2.24, 2.45) is 0 Å². The van der Waals surface area contributed by atoms with Gasteiger partial charge in [0.1, 0.15) is 10.7 Å². The van der Waals surface area contributed by atoms with Crippen LogP contribution in [0.15, 0.2) is 52.0 Å². The summed E-state index contributed by atoms with van der Waals surface area (Å²) in [7, 11) is 0. The zero-order valence-corrected chi connectivity index (χ0v) is 13.6. The van der Waals surface area contributed by atoms with Gasteiger partial charge in [0.25, 0.3) is 5.56 Å². The minimum absolute atomic E-state index is 0.111. The molecule has 0 saturated heterocycles. The molecular formula is C16H9ClN2OS2. The average molecular weight is 345 g/mol. The van der Waals surface area contributed by atoms with Gasteiger partial charge in [-0.3, -0.25) is 4.79 Å². The fourth-order valence-electron chi connectivity index (χ4n) is 2.31. The maximum Gasteiger partial charge on any atom is 0.260 e. The molecule has 0 unspecified atom stereocenters. The number of fused-ring (bicyclic) bond motifs is 1. The van der Waals surface area contributed by atoms with E-state index < -0.39 is 0 Å². The van der Waals surface area contributed by atoms with Gasteiger partial charge in [0.15, 0.2) is 0 Å². The lowest BCUT2D eigenvalue weighted by atomic mass is 10.2. The van der Waals surface area contributed by atoms with Gasteiger partial charge in [0.2, 0.25) is 0 Å². The summed E-state index contributed by atoms with van der Waals surface area (Å²) in [6, 6.07) is 11.3. The molecule has 0 aliphatic carbocycles. The predicted octanol–water partition coefficient (Wildman–Crippen LogP) is 5.03. The van der Waals surface area contributed by atoms with Crippen molar-refractivity contribution in [2.75, 3.05) is 0 Å². The molecule has 4 rings (SSSR count). The first-order valence-corrected chi connectivity index (χ1v) is 8.67. The molecule has 3 nitrogen and oxygen atoms in total. The normalized spacial score (nSPS) is 11.1. The lowest BCUT2D eigenvalue weighted by Gasteiger charge is -2.02. The topological polar surface area (TPSA) is 45.8 Å². The van der Waals surface area contributed by atoms with E-state index in [1.807, 2.05) is 35.0 Å². The van der Waals surface area contributed by atoms with E-state index in [-0.39, 0.29) is 5.56 Å². The van der Waals surface area contributed by atoms with Gasteiger partial charge in [0, 0.05) is 26.4 Å². The fourth-order valence-corrected chi connectivity index (χ4v) is 4.19. The Bertz CT molecular complexity index is 1000. The average Bonchev–Trinajstić information content (AvgIpc) is 3.16. The molecule has 0 amide bonds.